The summed E-state index contributed by atoms with van der Waals surface area (Å²) >= 11 is 0. The van der Waals surface area contributed by atoms with Crippen LogP contribution in [-0.2, 0) is 50.4 Å². The molecule has 0 saturated heterocycles. The Morgan fingerprint density at radius 1 is 0.419 bits per heavy atom. The van der Waals surface area contributed by atoms with Crippen molar-refractivity contribution in [3.8, 4) is 0 Å². The lowest BCUT2D eigenvalue weighted by Crippen LogP contribution is -2.29. The minimum atomic E-state index is -4.13. The highest BCUT2D eigenvalue weighted by Gasteiger charge is 2.30. The highest BCUT2D eigenvalue weighted by atomic mass is 31.2. The van der Waals surface area contributed by atoms with Gasteiger partial charge in [0, 0.05) is 12.8 Å². The second-order valence-corrected chi connectivity index (χ2v) is 19.1. The maximum absolute atomic E-state index is 14.0. The van der Waals surface area contributed by atoms with Gasteiger partial charge in [0.25, 0.3) is 0 Å². The predicted molar refractivity (Wildman–Crippen MR) is 256 cm³/mol. The third kappa shape index (κ3) is 33.1. The summed E-state index contributed by atoms with van der Waals surface area (Å²) in [5, 5.41) is 0. The molecule has 9 heteroatoms. The summed E-state index contributed by atoms with van der Waals surface area (Å²) in [6.45, 7) is 4.04. The molecule has 0 aromatic heterocycles. The average molecular weight is 885 g/mol. The van der Waals surface area contributed by atoms with E-state index in [9.17, 15) is 14.2 Å². The molecule has 1 atom stereocenters. The Kier molecular flexibility index (Phi) is 35.9. The summed E-state index contributed by atoms with van der Waals surface area (Å²) in [6, 6.07) is 18.7. The number of carbonyl (C=O) groups excluding carboxylic acids is 2. The average Bonchev–Trinajstić information content (AvgIpc) is 3.29. The van der Waals surface area contributed by atoms with E-state index in [1.165, 1.54) is 154 Å². The number of benzene rings is 2. The zero-order valence-corrected chi connectivity index (χ0v) is 40.4. The highest BCUT2D eigenvalue weighted by molar-refractivity contribution is 7.48. The molecule has 2 aromatic rings. The van der Waals surface area contributed by atoms with Crippen LogP contribution in [0.2, 0.25) is 0 Å². The maximum atomic E-state index is 14.0. The van der Waals surface area contributed by atoms with Crippen LogP contribution < -0.4 is 0 Å². The van der Waals surface area contributed by atoms with Gasteiger partial charge in [-0.3, -0.25) is 23.2 Å². The molecule has 2 rings (SSSR count). The van der Waals surface area contributed by atoms with Crippen molar-refractivity contribution in [1.82, 2.24) is 0 Å². The van der Waals surface area contributed by atoms with Gasteiger partial charge in [0.1, 0.15) is 6.61 Å². The predicted octanol–water partition coefficient (Wildman–Crippen LogP) is 16.5. The lowest BCUT2D eigenvalue weighted by atomic mass is 10.0. The van der Waals surface area contributed by atoms with Crippen LogP contribution in [0.25, 0.3) is 0 Å². The van der Waals surface area contributed by atoms with Crippen molar-refractivity contribution in [3.05, 3.63) is 71.8 Å². The van der Waals surface area contributed by atoms with Gasteiger partial charge in [-0.15, -0.1) is 0 Å². The van der Waals surface area contributed by atoms with Crippen molar-refractivity contribution in [2.75, 3.05) is 13.2 Å². The third-order valence-corrected chi connectivity index (χ3v) is 12.9. The summed E-state index contributed by atoms with van der Waals surface area (Å²) in [4.78, 5) is 25.9. The number of hydrogen-bond donors (Lipinski definition) is 0. The fourth-order valence-corrected chi connectivity index (χ4v) is 8.83. The molecule has 0 saturated carbocycles. The Morgan fingerprint density at radius 2 is 0.742 bits per heavy atom. The molecule has 0 spiro atoms. The number of phosphoric ester groups is 1. The second kappa shape index (κ2) is 40.0. The molecule has 0 heterocycles. The summed E-state index contributed by atoms with van der Waals surface area (Å²) < 4.78 is 42.8. The van der Waals surface area contributed by atoms with Crippen LogP contribution >= 0.6 is 7.82 Å². The van der Waals surface area contributed by atoms with E-state index < -0.39 is 19.9 Å². The first kappa shape index (κ1) is 55.6. The van der Waals surface area contributed by atoms with Crippen LogP contribution in [-0.4, -0.2) is 31.3 Å². The first-order chi connectivity index (χ1) is 30.4. The maximum Gasteiger partial charge on any atom is 0.475 e. The second-order valence-electron chi connectivity index (χ2n) is 17.5. The van der Waals surface area contributed by atoms with Gasteiger partial charge in [-0.05, 0) is 24.0 Å². The molecular weight excluding hydrogens is 796 g/mol. The first-order valence-electron chi connectivity index (χ1n) is 25.4. The van der Waals surface area contributed by atoms with E-state index in [1.807, 2.05) is 60.7 Å². The van der Waals surface area contributed by atoms with Crippen LogP contribution in [0.1, 0.15) is 230 Å². The zero-order chi connectivity index (χ0) is 44.4. The van der Waals surface area contributed by atoms with E-state index in [4.69, 9.17) is 23.0 Å². The SMILES string of the molecule is CCCCCCCCCCCCCCCCCC(=O)OC[C@@H](COP(=O)(OCc1ccccc1)OCc1ccccc1)OC(=O)CCCCCCCCCCCCCCCCC. The van der Waals surface area contributed by atoms with E-state index in [-0.39, 0.29) is 38.8 Å². The molecule has 8 nitrogen and oxygen atoms in total. The third-order valence-electron chi connectivity index (χ3n) is 11.6. The van der Waals surface area contributed by atoms with E-state index in [2.05, 4.69) is 13.8 Å². The van der Waals surface area contributed by atoms with Crippen molar-refractivity contribution in [2.24, 2.45) is 0 Å². The number of esters is 2. The van der Waals surface area contributed by atoms with Gasteiger partial charge >= 0.3 is 19.8 Å². The normalized spacial score (nSPS) is 12.1. The van der Waals surface area contributed by atoms with Crippen molar-refractivity contribution in [3.63, 3.8) is 0 Å². The summed E-state index contributed by atoms with van der Waals surface area (Å²) in [6.07, 6.45) is 37.1. The van der Waals surface area contributed by atoms with Crippen LogP contribution in [0.15, 0.2) is 60.7 Å². The standard InChI is InChI=1S/C53H89O8P/c1-3-5-7-9-11-13-15-17-19-21-23-25-27-29-37-43-52(54)57-47-51(61-53(55)44-38-30-28-26-24-22-20-18-16-14-12-10-8-6-4-2)48-60-62(56,58-45-49-39-33-31-34-40-49)59-46-50-41-35-32-36-42-50/h31-36,39-42,51H,3-30,37-38,43-48H2,1-2H3/t51-/m0/s1. The largest absolute Gasteiger partial charge is 0.475 e. The number of ether oxygens (including phenoxy) is 2. The van der Waals surface area contributed by atoms with Crippen molar-refractivity contribution in [2.45, 2.75) is 239 Å². The number of phosphoric acid groups is 1. The highest BCUT2D eigenvalue weighted by Crippen LogP contribution is 2.51. The minimum Gasteiger partial charge on any atom is -0.462 e. The topological polar surface area (TPSA) is 97.4 Å². The molecule has 0 unspecified atom stereocenters. The van der Waals surface area contributed by atoms with Crippen LogP contribution in [0.5, 0.6) is 0 Å². The molecule has 0 aliphatic carbocycles. The van der Waals surface area contributed by atoms with Gasteiger partial charge < -0.3 is 9.47 Å². The van der Waals surface area contributed by atoms with E-state index in [1.54, 1.807) is 0 Å². The Morgan fingerprint density at radius 3 is 1.10 bits per heavy atom. The zero-order valence-electron chi connectivity index (χ0n) is 39.5. The molecule has 354 valence electrons. The van der Waals surface area contributed by atoms with E-state index in [0.29, 0.717) is 6.42 Å². The molecule has 0 aliphatic rings. The smallest absolute Gasteiger partial charge is 0.462 e. The molecule has 0 fully saturated rings. The van der Waals surface area contributed by atoms with E-state index >= 15 is 0 Å². The van der Waals surface area contributed by atoms with E-state index in [0.717, 1.165) is 49.7 Å². The van der Waals surface area contributed by atoms with Gasteiger partial charge in [0.15, 0.2) is 6.10 Å². The molecule has 2 aromatic carbocycles. The molecule has 0 amide bonds. The lowest BCUT2D eigenvalue weighted by molar-refractivity contribution is -0.161. The van der Waals surface area contributed by atoms with Crippen LogP contribution in [0, 0.1) is 0 Å². The lowest BCUT2D eigenvalue weighted by Gasteiger charge is -2.22. The quantitative estimate of drug-likeness (QED) is 0.0369. The van der Waals surface area contributed by atoms with Crippen molar-refractivity contribution >= 4 is 19.8 Å². The Bertz CT molecular complexity index is 1310. The Labute approximate surface area is 379 Å². The minimum absolute atomic E-state index is 0.00476. The number of carbonyl (C=O) groups is 2. The number of hydrogen-bond acceptors (Lipinski definition) is 8. The van der Waals surface area contributed by atoms with Crippen LogP contribution in [0.4, 0.5) is 0 Å². The summed E-state index contributed by atoms with van der Waals surface area (Å²) in [5.74, 6) is -0.732. The number of unbranched alkanes of at least 4 members (excludes halogenated alkanes) is 28. The first-order valence-corrected chi connectivity index (χ1v) is 26.9. The fraction of sp³-hybridized carbons (Fsp3) is 0.736. The van der Waals surface area contributed by atoms with Gasteiger partial charge in [-0.1, -0.05) is 254 Å². The Balaban J connectivity index is 1.77. The van der Waals surface area contributed by atoms with Gasteiger partial charge in [0.2, 0.25) is 0 Å². The molecule has 0 aliphatic heterocycles. The molecule has 0 radical (unpaired) electrons. The van der Waals surface area contributed by atoms with Gasteiger partial charge in [-0.2, -0.15) is 0 Å². The number of rotatable bonds is 44. The monoisotopic (exact) mass is 885 g/mol. The molecule has 62 heavy (non-hydrogen) atoms. The van der Waals surface area contributed by atoms with Crippen molar-refractivity contribution < 1.29 is 37.2 Å². The van der Waals surface area contributed by atoms with Crippen LogP contribution in [0.3, 0.4) is 0 Å². The molecular formula is C53H89O8P. The molecule has 0 N–H and O–H groups in total. The summed E-state index contributed by atoms with van der Waals surface area (Å²) in [5.41, 5.74) is 1.61. The fourth-order valence-electron chi connectivity index (χ4n) is 7.64. The van der Waals surface area contributed by atoms with Gasteiger partial charge in [0.05, 0.1) is 19.8 Å². The van der Waals surface area contributed by atoms with Crippen molar-refractivity contribution in [1.29, 1.82) is 0 Å². The van der Waals surface area contributed by atoms with Gasteiger partial charge in [-0.25, -0.2) is 4.57 Å². The summed E-state index contributed by atoms with van der Waals surface area (Å²) in [7, 11) is -4.13. The molecule has 0 bridgehead atoms. The Hall–Kier alpha value is -2.51.